The first-order chi connectivity index (χ1) is 8.61. The summed E-state index contributed by atoms with van der Waals surface area (Å²) < 4.78 is 5.97. The molecule has 0 atom stereocenters. The Bertz CT molecular complexity index is 564. The fourth-order valence-electron chi connectivity index (χ4n) is 1.76. The van der Waals surface area contributed by atoms with Gasteiger partial charge in [-0.15, -0.1) is 0 Å². The molecule has 3 nitrogen and oxygen atoms in total. The molecule has 94 valence electrons. The monoisotopic (exact) mass is 242 g/mol. The summed E-state index contributed by atoms with van der Waals surface area (Å²) in [5.41, 5.74) is 9.91. The summed E-state index contributed by atoms with van der Waals surface area (Å²) in [6, 6.07) is 7.96. The predicted octanol–water partition coefficient (Wildman–Crippen LogP) is 3.26. The summed E-state index contributed by atoms with van der Waals surface area (Å²) >= 11 is 0. The maximum Gasteiger partial charge on any atom is 0.135 e. The van der Waals surface area contributed by atoms with Crippen LogP contribution in [-0.4, -0.2) is 4.98 Å². The Morgan fingerprint density at radius 3 is 2.67 bits per heavy atom. The number of hydrogen-bond donors (Lipinski definition) is 1. The standard InChI is InChI=1S/C15H18N2O/c1-10-5-4-6-14(12(10)3)18-15-7-11(2)17-9-13(15)8-16/h4-7,9H,8,16H2,1-3H3. The third-order valence-electron chi connectivity index (χ3n) is 3.08. The molecule has 0 saturated heterocycles. The first kappa shape index (κ1) is 12.6. The van der Waals surface area contributed by atoms with E-state index in [0.717, 1.165) is 28.3 Å². The van der Waals surface area contributed by atoms with Gasteiger partial charge in [0, 0.05) is 30.1 Å². The summed E-state index contributed by atoms with van der Waals surface area (Å²) in [5.74, 6) is 1.66. The summed E-state index contributed by atoms with van der Waals surface area (Å²) in [7, 11) is 0. The van der Waals surface area contributed by atoms with E-state index in [-0.39, 0.29) is 0 Å². The number of aryl methyl sites for hydroxylation is 2. The fourth-order valence-corrected chi connectivity index (χ4v) is 1.76. The van der Waals surface area contributed by atoms with E-state index in [2.05, 4.69) is 24.9 Å². The third-order valence-corrected chi connectivity index (χ3v) is 3.08. The van der Waals surface area contributed by atoms with Gasteiger partial charge in [-0.2, -0.15) is 0 Å². The molecule has 0 spiro atoms. The van der Waals surface area contributed by atoms with E-state index in [1.165, 1.54) is 5.56 Å². The van der Waals surface area contributed by atoms with Gasteiger partial charge in [-0.1, -0.05) is 12.1 Å². The van der Waals surface area contributed by atoms with Crippen molar-refractivity contribution in [1.29, 1.82) is 0 Å². The first-order valence-electron chi connectivity index (χ1n) is 6.01. The van der Waals surface area contributed by atoms with Gasteiger partial charge in [0.25, 0.3) is 0 Å². The minimum absolute atomic E-state index is 0.424. The summed E-state index contributed by atoms with van der Waals surface area (Å²) in [6.45, 7) is 6.49. The van der Waals surface area contributed by atoms with Crippen LogP contribution in [0.4, 0.5) is 0 Å². The van der Waals surface area contributed by atoms with Crippen molar-refractivity contribution >= 4 is 0 Å². The molecule has 18 heavy (non-hydrogen) atoms. The smallest absolute Gasteiger partial charge is 0.135 e. The average Bonchev–Trinajstić information content (AvgIpc) is 2.35. The van der Waals surface area contributed by atoms with Crippen LogP contribution in [0.1, 0.15) is 22.4 Å². The van der Waals surface area contributed by atoms with E-state index in [1.807, 2.05) is 25.1 Å². The predicted molar refractivity (Wildman–Crippen MR) is 72.9 cm³/mol. The number of nitrogens with zero attached hydrogens (tertiary/aromatic N) is 1. The average molecular weight is 242 g/mol. The van der Waals surface area contributed by atoms with Crippen LogP contribution in [0.25, 0.3) is 0 Å². The Balaban J connectivity index is 2.39. The minimum atomic E-state index is 0.424. The lowest BCUT2D eigenvalue weighted by Crippen LogP contribution is -2.01. The molecular formula is C15H18N2O. The van der Waals surface area contributed by atoms with Gasteiger partial charge in [-0.25, -0.2) is 0 Å². The molecule has 2 N–H and O–H groups in total. The second-order valence-electron chi connectivity index (χ2n) is 4.44. The Hall–Kier alpha value is -1.87. The van der Waals surface area contributed by atoms with E-state index in [9.17, 15) is 0 Å². The zero-order valence-corrected chi connectivity index (χ0v) is 11.0. The molecule has 1 aromatic heterocycles. The zero-order chi connectivity index (χ0) is 13.1. The second kappa shape index (κ2) is 5.19. The van der Waals surface area contributed by atoms with E-state index in [4.69, 9.17) is 10.5 Å². The van der Waals surface area contributed by atoms with Crippen molar-refractivity contribution in [2.45, 2.75) is 27.3 Å². The minimum Gasteiger partial charge on any atom is -0.457 e. The van der Waals surface area contributed by atoms with Crippen LogP contribution in [0.2, 0.25) is 0 Å². The highest BCUT2D eigenvalue weighted by Gasteiger charge is 2.08. The van der Waals surface area contributed by atoms with Gasteiger partial charge in [0.15, 0.2) is 0 Å². The van der Waals surface area contributed by atoms with Crippen molar-refractivity contribution in [3.8, 4) is 11.5 Å². The van der Waals surface area contributed by atoms with Gasteiger partial charge in [0.1, 0.15) is 11.5 Å². The van der Waals surface area contributed by atoms with Gasteiger partial charge in [0.2, 0.25) is 0 Å². The first-order valence-corrected chi connectivity index (χ1v) is 6.01. The van der Waals surface area contributed by atoms with Crippen molar-refractivity contribution in [2.24, 2.45) is 5.73 Å². The molecule has 0 aliphatic heterocycles. The summed E-state index contributed by atoms with van der Waals surface area (Å²) in [4.78, 5) is 4.23. The van der Waals surface area contributed by atoms with Crippen LogP contribution in [0.5, 0.6) is 11.5 Å². The van der Waals surface area contributed by atoms with Crippen LogP contribution in [0, 0.1) is 20.8 Å². The normalized spacial score (nSPS) is 10.4. The Morgan fingerprint density at radius 1 is 1.17 bits per heavy atom. The van der Waals surface area contributed by atoms with E-state index in [0.29, 0.717) is 6.54 Å². The number of pyridine rings is 1. The lowest BCUT2D eigenvalue weighted by molar-refractivity contribution is 0.470. The van der Waals surface area contributed by atoms with Gasteiger partial charge in [-0.3, -0.25) is 4.98 Å². The van der Waals surface area contributed by atoms with Gasteiger partial charge >= 0.3 is 0 Å². The highest BCUT2D eigenvalue weighted by molar-refractivity contribution is 5.43. The topological polar surface area (TPSA) is 48.1 Å². The van der Waals surface area contributed by atoms with E-state index in [1.54, 1.807) is 6.20 Å². The molecule has 0 saturated carbocycles. The molecule has 2 aromatic rings. The molecule has 0 unspecified atom stereocenters. The van der Waals surface area contributed by atoms with E-state index >= 15 is 0 Å². The molecule has 0 radical (unpaired) electrons. The van der Waals surface area contributed by atoms with Crippen LogP contribution in [0.3, 0.4) is 0 Å². The van der Waals surface area contributed by atoms with Gasteiger partial charge < -0.3 is 10.5 Å². The molecule has 0 fully saturated rings. The van der Waals surface area contributed by atoms with Crippen LogP contribution in [0.15, 0.2) is 30.5 Å². The second-order valence-corrected chi connectivity index (χ2v) is 4.44. The maximum absolute atomic E-state index is 5.97. The van der Waals surface area contributed by atoms with Crippen LogP contribution < -0.4 is 10.5 Å². The molecule has 2 rings (SSSR count). The Kier molecular flexibility index (Phi) is 3.63. The molecule has 0 aliphatic carbocycles. The van der Waals surface area contributed by atoms with Crippen molar-refractivity contribution in [2.75, 3.05) is 0 Å². The highest BCUT2D eigenvalue weighted by atomic mass is 16.5. The fraction of sp³-hybridized carbons (Fsp3) is 0.267. The molecule has 0 bridgehead atoms. The largest absolute Gasteiger partial charge is 0.457 e. The van der Waals surface area contributed by atoms with Gasteiger partial charge in [-0.05, 0) is 38.0 Å². The molecule has 0 amide bonds. The van der Waals surface area contributed by atoms with Gasteiger partial charge in [0.05, 0.1) is 0 Å². The third kappa shape index (κ3) is 2.51. The molecule has 1 aromatic carbocycles. The van der Waals surface area contributed by atoms with Crippen molar-refractivity contribution in [1.82, 2.24) is 4.98 Å². The quantitative estimate of drug-likeness (QED) is 0.898. The summed E-state index contributed by atoms with van der Waals surface area (Å²) in [6.07, 6.45) is 1.77. The molecule has 1 heterocycles. The number of hydrogen-bond acceptors (Lipinski definition) is 3. The maximum atomic E-state index is 5.97. The Labute approximate surface area is 108 Å². The van der Waals surface area contributed by atoms with Crippen LogP contribution >= 0.6 is 0 Å². The zero-order valence-electron chi connectivity index (χ0n) is 11.0. The van der Waals surface area contributed by atoms with Crippen LogP contribution in [-0.2, 0) is 6.54 Å². The lowest BCUT2D eigenvalue weighted by atomic mass is 10.1. The number of ether oxygens (including phenoxy) is 1. The van der Waals surface area contributed by atoms with Crippen molar-refractivity contribution < 1.29 is 4.74 Å². The Morgan fingerprint density at radius 2 is 1.94 bits per heavy atom. The highest BCUT2D eigenvalue weighted by Crippen LogP contribution is 2.29. The summed E-state index contributed by atoms with van der Waals surface area (Å²) in [5, 5.41) is 0. The molecular weight excluding hydrogens is 224 g/mol. The van der Waals surface area contributed by atoms with E-state index < -0.39 is 0 Å². The number of aromatic nitrogens is 1. The van der Waals surface area contributed by atoms with Crippen molar-refractivity contribution in [3.05, 3.63) is 52.8 Å². The number of nitrogens with two attached hydrogens (primary N) is 1. The van der Waals surface area contributed by atoms with Crippen molar-refractivity contribution in [3.63, 3.8) is 0 Å². The number of rotatable bonds is 3. The lowest BCUT2D eigenvalue weighted by Gasteiger charge is -2.13. The SMILES string of the molecule is Cc1cc(Oc2cccc(C)c2C)c(CN)cn1. The molecule has 3 heteroatoms. The molecule has 0 aliphatic rings. The number of benzene rings is 1.